The number of rotatable bonds is 5. The molecule has 4 nitrogen and oxygen atoms in total. The summed E-state index contributed by atoms with van der Waals surface area (Å²) in [6.45, 7) is 3.37. The van der Waals surface area contributed by atoms with Crippen LogP contribution in [0.5, 0.6) is 0 Å². The van der Waals surface area contributed by atoms with Gasteiger partial charge in [0.2, 0.25) is 0 Å². The molecule has 1 atom stereocenters. The minimum absolute atomic E-state index is 0.0271. The van der Waals surface area contributed by atoms with Crippen molar-refractivity contribution in [3.8, 4) is 0 Å². The summed E-state index contributed by atoms with van der Waals surface area (Å²) in [6, 6.07) is 0. The highest BCUT2D eigenvalue weighted by Crippen LogP contribution is 2.30. The lowest BCUT2D eigenvalue weighted by molar-refractivity contribution is -0.143. The molecule has 0 saturated heterocycles. The van der Waals surface area contributed by atoms with E-state index in [0.29, 0.717) is 0 Å². The first kappa shape index (κ1) is 13.2. The second-order valence-electron chi connectivity index (χ2n) is 3.64. The van der Waals surface area contributed by atoms with E-state index >= 15 is 0 Å². The molecule has 0 aliphatic heterocycles. The topological polar surface area (TPSA) is 63.6 Å². The van der Waals surface area contributed by atoms with Gasteiger partial charge in [0, 0.05) is 4.87 Å². The molecule has 14 heavy (non-hydrogen) atoms. The number of hydrogen-bond donors (Lipinski definition) is 1. The molecule has 0 amide bonds. The fourth-order valence-electron chi connectivity index (χ4n) is 1.05. The Morgan fingerprint density at radius 1 is 1.43 bits per heavy atom. The van der Waals surface area contributed by atoms with Gasteiger partial charge in [0.25, 0.3) is 0 Å². The van der Waals surface area contributed by atoms with Gasteiger partial charge in [-0.3, -0.25) is 9.59 Å². The van der Waals surface area contributed by atoms with Crippen LogP contribution >= 0.6 is 11.6 Å². The minimum atomic E-state index is -0.965. The van der Waals surface area contributed by atoms with E-state index in [1.54, 1.807) is 13.8 Å². The van der Waals surface area contributed by atoms with Gasteiger partial charge in [-0.1, -0.05) is 0 Å². The van der Waals surface area contributed by atoms with E-state index in [1.807, 2.05) is 0 Å². The molecule has 82 valence electrons. The number of methoxy groups -OCH3 is 1. The first-order valence-electron chi connectivity index (χ1n) is 4.25. The Kier molecular flexibility index (Phi) is 4.91. The second kappa shape index (κ2) is 5.20. The monoisotopic (exact) mass is 222 g/mol. The molecular weight excluding hydrogens is 208 g/mol. The Hall–Kier alpha value is -0.770. The fourth-order valence-corrected chi connectivity index (χ4v) is 1.21. The number of carbonyl (C=O) groups is 2. The first-order chi connectivity index (χ1) is 6.27. The summed E-state index contributed by atoms with van der Waals surface area (Å²) in [5, 5.41) is 8.62. The molecule has 0 aromatic carbocycles. The van der Waals surface area contributed by atoms with Crippen LogP contribution in [0.3, 0.4) is 0 Å². The van der Waals surface area contributed by atoms with Gasteiger partial charge in [-0.15, -0.1) is 11.6 Å². The van der Waals surface area contributed by atoms with Crippen molar-refractivity contribution < 1.29 is 19.4 Å². The molecule has 1 unspecified atom stereocenters. The van der Waals surface area contributed by atoms with Gasteiger partial charge in [-0.2, -0.15) is 0 Å². The van der Waals surface area contributed by atoms with Crippen LogP contribution in [0.15, 0.2) is 0 Å². The zero-order chi connectivity index (χ0) is 11.4. The largest absolute Gasteiger partial charge is 0.481 e. The van der Waals surface area contributed by atoms with Crippen LogP contribution in [0.25, 0.3) is 0 Å². The van der Waals surface area contributed by atoms with E-state index in [1.165, 1.54) is 7.11 Å². The normalized spacial score (nSPS) is 13.4. The van der Waals surface area contributed by atoms with Crippen molar-refractivity contribution in [3.63, 3.8) is 0 Å². The van der Waals surface area contributed by atoms with E-state index in [-0.39, 0.29) is 12.8 Å². The first-order valence-corrected chi connectivity index (χ1v) is 4.62. The highest BCUT2D eigenvalue weighted by molar-refractivity contribution is 6.23. The van der Waals surface area contributed by atoms with Gasteiger partial charge in [-0.25, -0.2) is 0 Å². The van der Waals surface area contributed by atoms with E-state index in [0.717, 1.165) is 0 Å². The Labute approximate surface area is 88.2 Å². The van der Waals surface area contributed by atoms with E-state index in [4.69, 9.17) is 16.7 Å². The number of esters is 1. The summed E-state index contributed by atoms with van der Waals surface area (Å²) >= 11 is 5.97. The Morgan fingerprint density at radius 3 is 2.21 bits per heavy atom. The molecule has 5 heteroatoms. The van der Waals surface area contributed by atoms with Gasteiger partial charge in [0.1, 0.15) is 0 Å². The molecule has 0 rings (SSSR count). The zero-order valence-electron chi connectivity index (χ0n) is 8.54. The van der Waals surface area contributed by atoms with Crippen LogP contribution < -0.4 is 0 Å². The molecule has 0 bridgehead atoms. The van der Waals surface area contributed by atoms with Crippen LogP contribution in [0.1, 0.15) is 26.7 Å². The lowest BCUT2D eigenvalue weighted by atomic mass is 9.89. The Morgan fingerprint density at radius 2 is 1.93 bits per heavy atom. The van der Waals surface area contributed by atoms with E-state index in [2.05, 4.69) is 4.74 Å². The standard InChI is InChI=1S/C9H15ClO4/c1-9(2,10)6(4-7(11)12)5-8(13)14-3/h6H,4-5H2,1-3H3,(H,11,12). The number of aliphatic carboxylic acids is 1. The molecule has 0 spiro atoms. The highest BCUT2D eigenvalue weighted by Gasteiger charge is 2.31. The van der Waals surface area contributed by atoms with Crippen molar-refractivity contribution >= 4 is 23.5 Å². The molecule has 0 heterocycles. The molecule has 0 fully saturated rings. The van der Waals surface area contributed by atoms with Crippen molar-refractivity contribution in [2.45, 2.75) is 31.6 Å². The molecule has 0 radical (unpaired) electrons. The average Bonchev–Trinajstić information content (AvgIpc) is 2.00. The third-order valence-corrected chi connectivity index (χ3v) is 2.34. The average molecular weight is 223 g/mol. The SMILES string of the molecule is COC(=O)CC(CC(=O)O)C(C)(C)Cl. The maximum atomic E-state index is 11.0. The quantitative estimate of drug-likeness (QED) is 0.568. The molecular formula is C9H15ClO4. The summed E-state index contributed by atoms with van der Waals surface area (Å²) in [6.07, 6.45) is -0.106. The summed E-state index contributed by atoms with van der Waals surface area (Å²) in [7, 11) is 1.27. The summed E-state index contributed by atoms with van der Waals surface area (Å²) in [5.74, 6) is -1.83. The number of carboxylic acid groups (broad SMARTS) is 1. The summed E-state index contributed by atoms with van der Waals surface area (Å²) in [4.78, 5) is 20.8. The van der Waals surface area contributed by atoms with Crippen LogP contribution in [0.4, 0.5) is 0 Å². The van der Waals surface area contributed by atoms with Gasteiger partial charge < -0.3 is 9.84 Å². The van der Waals surface area contributed by atoms with Gasteiger partial charge >= 0.3 is 11.9 Å². The number of halogens is 1. The minimum Gasteiger partial charge on any atom is -0.481 e. The van der Waals surface area contributed by atoms with Crippen molar-refractivity contribution in [2.24, 2.45) is 5.92 Å². The maximum Gasteiger partial charge on any atom is 0.305 e. The zero-order valence-corrected chi connectivity index (χ0v) is 9.30. The van der Waals surface area contributed by atoms with Crippen LogP contribution in [0, 0.1) is 5.92 Å². The lowest BCUT2D eigenvalue weighted by Gasteiger charge is -2.25. The number of hydrogen-bond acceptors (Lipinski definition) is 3. The second-order valence-corrected chi connectivity index (χ2v) is 4.61. The van der Waals surface area contributed by atoms with Gasteiger partial charge in [-0.05, 0) is 19.8 Å². The third-order valence-electron chi connectivity index (χ3n) is 2.03. The number of alkyl halides is 1. The van der Waals surface area contributed by atoms with E-state index < -0.39 is 22.7 Å². The van der Waals surface area contributed by atoms with Crippen LogP contribution in [-0.2, 0) is 14.3 Å². The van der Waals surface area contributed by atoms with E-state index in [9.17, 15) is 9.59 Å². The Balaban J connectivity index is 4.41. The molecule has 1 N–H and O–H groups in total. The number of carbonyl (C=O) groups excluding carboxylic acids is 1. The van der Waals surface area contributed by atoms with Gasteiger partial charge in [0.05, 0.1) is 20.0 Å². The number of ether oxygens (including phenoxy) is 1. The molecule has 0 aromatic rings. The number of carboxylic acids is 1. The van der Waals surface area contributed by atoms with Crippen molar-refractivity contribution in [1.82, 2.24) is 0 Å². The summed E-state index contributed by atoms with van der Waals surface area (Å²) < 4.78 is 4.47. The maximum absolute atomic E-state index is 11.0. The molecule has 0 aromatic heterocycles. The Bertz CT molecular complexity index is 219. The summed E-state index contributed by atoms with van der Waals surface area (Å²) in [5.41, 5.74) is 0. The fraction of sp³-hybridized carbons (Fsp3) is 0.778. The third kappa shape index (κ3) is 5.07. The highest BCUT2D eigenvalue weighted by atomic mass is 35.5. The van der Waals surface area contributed by atoms with Crippen LogP contribution in [0.2, 0.25) is 0 Å². The van der Waals surface area contributed by atoms with Crippen molar-refractivity contribution in [1.29, 1.82) is 0 Å². The molecule has 0 saturated carbocycles. The van der Waals surface area contributed by atoms with Gasteiger partial charge in [0.15, 0.2) is 0 Å². The molecule has 0 aliphatic rings. The lowest BCUT2D eigenvalue weighted by Crippen LogP contribution is -2.29. The van der Waals surface area contributed by atoms with Crippen molar-refractivity contribution in [2.75, 3.05) is 7.11 Å². The predicted molar refractivity (Wildman–Crippen MR) is 52.3 cm³/mol. The smallest absolute Gasteiger partial charge is 0.305 e. The predicted octanol–water partition coefficient (Wildman–Crippen LogP) is 1.66. The van der Waals surface area contributed by atoms with Crippen molar-refractivity contribution in [3.05, 3.63) is 0 Å². The van der Waals surface area contributed by atoms with Crippen LogP contribution in [-0.4, -0.2) is 29.0 Å². The molecule has 0 aliphatic carbocycles.